The van der Waals surface area contributed by atoms with E-state index in [4.69, 9.17) is 37.7 Å². The van der Waals surface area contributed by atoms with Crippen molar-refractivity contribution in [2.24, 2.45) is 0 Å². The first kappa shape index (κ1) is 20.4. The molecule has 0 radical (unpaired) electrons. The molecule has 1 aliphatic heterocycles. The average molecular weight is 451 g/mol. The second kappa shape index (κ2) is 8.48. The summed E-state index contributed by atoms with van der Waals surface area (Å²) in [5, 5.41) is 1.39. The Morgan fingerprint density at radius 3 is 2.86 bits per heavy atom. The van der Waals surface area contributed by atoms with Gasteiger partial charge in [0.05, 0.1) is 35.0 Å². The van der Waals surface area contributed by atoms with Crippen LogP contribution in [0.3, 0.4) is 0 Å². The van der Waals surface area contributed by atoms with Crippen LogP contribution in [0.1, 0.15) is 28.8 Å². The maximum absolute atomic E-state index is 13.5. The number of fused-ring (bicyclic) bond motifs is 1. The minimum Gasteiger partial charge on any atom is -0.494 e. The number of hydrogen-bond donors (Lipinski definition) is 0. The van der Waals surface area contributed by atoms with Gasteiger partial charge in [-0.15, -0.1) is 0 Å². The third-order valence-electron chi connectivity index (χ3n) is 4.96. The van der Waals surface area contributed by atoms with Crippen molar-refractivity contribution in [3.8, 4) is 5.75 Å². The van der Waals surface area contributed by atoms with Gasteiger partial charge in [-0.05, 0) is 49.6 Å². The third kappa shape index (κ3) is 4.08. The van der Waals surface area contributed by atoms with Gasteiger partial charge in [0.15, 0.2) is 5.13 Å². The molecule has 1 aromatic heterocycles. The van der Waals surface area contributed by atoms with Crippen molar-refractivity contribution in [1.29, 1.82) is 0 Å². The fourth-order valence-electron chi connectivity index (χ4n) is 3.43. The summed E-state index contributed by atoms with van der Waals surface area (Å²) in [5.41, 5.74) is 2.22. The molecule has 1 atom stereocenters. The molecule has 4 rings (SSSR count). The summed E-state index contributed by atoms with van der Waals surface area (Å²) in [6.45, 7) is 3.15. The lowest BCUT2D eigenvalue weighted by Gasteiger charge is -2.23. The van der Waals surface area contributed by atoms with Crippen LogP contribution in [0.25, 0.3) is 10.2 Å². The monoisotopic (exact) mass is 450 g/mol. The number of hydrogen-bond acceptors (Lipinski definition) is 5. The van der Waals surface area contributed by atoms with Crippen molar-refractivity contribution in [2.75, 3.05) is 25.2 Å². The fraction of sp³-hybridized carbons (Fsp3) is 0.333. The van der Waals surface area contributed by atoms with Gasteiger partial charge in [0.1, 0.15) is 11.3 Å². The number of carbonyl (C=O) groups is 1. The number of benzene rings is 2. The van der Waals surface area contributed by atoms with Crippen molar-refractivity contribution in [3.05, 3.63) is 51.5 Å². The Kier molecular flexibility index (Phi) is 5.97. The lowest BCUT2D eigenvalue weighted by Crippen LogP contribution is -2.37. The highest BCUT2D eigenvalue weighted by Gasteiger charge is 2.28. The van der Waals surface area contributed by atoms with Crippen molar-refractivity contribution < 1.29 is 14.3 Å². The molecule has 3 aromatic rings. The van der Waals surface area contributed by atoms with Gasteiger partial charge in [-0.2, -0.15) is 0 Å². The molecule has 0 bridgehead atoms. The Balaban J connectivity index is 1.79. The van der Waals surface area contributed by atoms with E-state index >= 15 is 0 Å². The van der Waals surface area contributed by atoms with Gasteiger partial charge in [0.25, 0.3) is 5.91 Å². The molecule has 2 heterocycles. The Hall–Kier alpha value is -1.86. The van der Waals surface area contributed by atoms with Crippen LogP contribution >= 0.6 is 34.5 Å². The number of thiazole rings is 1. The highest BCUT2D eigenvalue weighted by Crippen LogP contribution is 2.37. The quantitative estimate of drug-likeness (QED) is 0.496. The van der Waals surface area contributed by atoms with Crippen LogP contribution in [-0.4, -0.2) is 37.3 Å². The molecule has 0 saturated carbocycles. The summed E-state index contributed by atoms with van der Waals surface area (Å²) in [6, 6.07) is 8.77. The second-order valence-electron chi connectivity index (χ2n) is 6.93. The maximum Gasteiger partial charge on any atom is 0.261 e. The Morgan fingerprint density at radius 1 is 1.34 bits per heavy atom. The number of anilines is 1. The molecule has 1 unspecified atom stereocenters. The van der Waals surface area contributed by atoms with Crippen LogP contribution in [0.5, 0.6) is 5.75 Å². The van der Waals surface area contributed by atoms with Gasteiger partial charge in [-0.1, -0.05) is 40.6 Å². The summed E-state index contributed by atoms with van der Waals surface area (Å²) in [4.78, 5) is 19.9. The van der Waals surface area contributed by atoms with E-state index in [9.17, 15) is 4.79 Å². The SMILES string of the molecule is COc1ccc(C)c2sc(N(CC3CCCO3)C(=O)c3ccc(Cl)cc3Cl)nc12. The average Bonchev–Trinajstić information content (AvgIpc) is 3.36. The number of carbonyl (C=O) groups excluding carboxylic acids is 1. The second-order valence-corrected chi connectivity index (χ2v) is 8.76. The molecule has 2 aromatic carbocycles. The molecule has 1 fully saturated rings. The van der Waals surface area contributed by atoms with E-state index in [0.717, 1.165) is 28.6 Å². The minimum absolute atomic E-state index is 0.0277. The number of nitrogens with zero attached hydrogens (tertiary/aromatic N) is 2. The predicted octanol–water partition coefficient (Wildman–Crippen LogP) is 5.75. The lowest BCUT2D eigenvalue weighted by molar-refractivity contribution is 0.0917. The number of methoxy groups -OCH3 is 1. The zero-order valence-corrected chi connectivity index (χ0v) is 18.4. The normalized spacial score (nSPS) is 16.3. The molecule has 1 aliphatic rings. The van der Waals surface area contributed by atoms with E-state index in [-0.39, 0.29) is 12.0 Å². The van der Waals surface area contributed by atoms with Crippen LogP contribution in [-0.2, 0) is 4.74 Å². The molecular weight excluding hydrogens is 431 g/mol. The number of ether oxygens (including phenoxy) is 2. The zero-order valence-electron chi connectivity index (χ0n) is 16.1. The van der Waals surface area contributed by atoms with Gasteiger partial charge >= 0.3 is 0 Å². The third-order valence-corrected chi connectivity index (χ3v) is 6.72. The predicted molar refractivity (Wildman–Crippen MR) is 118 cm³/mol. The zero-order chi connectivity index (χ0) is 20.5. The molecule has 5 nitrogen and oxygen atoms in total. The lowest BCUT2D eigenvalue weighted by atomic mass is 10.1. The molecular formula is C21H20Cl2N2O3S. The smallest absolute Gasteiger partial charge is 0.261 e. The number of rotatable bonds is 5. The van der Waals surface area contributed by atoms with Gasteiger partial charge in [0, 0.05) is 11.6 Å². The largest absolute Gasteiger partial charge is 0.494 e. The molecule has 8 heteroatoms. The van der Waals surface area contributed by atoms with E-state index in [1.807, 2.05) is 19.1 Å². The van der Waals surface area contributed by atoms with Gasteiger partial charge in [0.2, 0.25) is 0 Å². The minimum atomic E-state index is -0.224. The van der Waals surface area contributed by atoms with Crippen LogP contribution in [0.4, 0.5) is 5.13 Å². The number of aryl methyl sites for hydroxylation is 1. The fourth-order valence-corrected chi connectivity index (χ4v) is 4.98. The van der Waals surface area contributed by atoms with Crippen molar-refractivity contribution in [3.63, 3.8) is 0 Å². The first-order valence-electron chi connectivity index (χ1n) is 9.30. The van der Waals surface area contributed by atoms with Crippen LogP contribution < -0.4 is 9.64 Å². The van der Waals surface area contributed by atoms with Gasteiger partial charge < -0.3 is 9.47 Å². The Morgan fingerprint density at radius 2 is 2.17 bits per heavy atom. The van der Waals surface area contributed by atoms with E-state index in [1.165, 1.54) is 11.3 Å². The summed E-state index contributed by atoms with van der Waals surface area (Å²) in [5.74, 6) is 0.458. The molecule has 0 aliphatic carbocycles. The molecule has 152 valence electrons. The highest BCUT2D eigenvalue weighted by atomic mass is 35.5. The molecule has 1 amide bonds. The van der Waals surface area contributed by atoms with Crippen molar-refractivity contribution >= 4 is 55.8 Å². The van der Waals surface area contributed by atoms with Gasteiger partial charge in [-0.25, -0.2) is 4.98 Å². The summed E-state index contributed by atoms with van der Waals surface area (Å²) in [7, 11) is 1.62. The molecule has 29 heavy (non-hydrogen) atoms. The van der Waals surface area contributed by atoms with Crippen molar-refractivity contribution in [2.45, 2.75) is 25.9 Å². The van der Waals surface area contributed by atoms with E-state index in [1.54, 1.807) is 30.2 Å². The molecule has 0 N–H and O–H groups in total. The highest BCUT2D eigenvalue weighted by molar-refractivity contribution is 7.22. The number of amides is 1. The van der Waals surface area contributed by atoms with Crippen LogP contribution in [0, 0.1) is 6.92 Å². The summed E-state index contributed by atoms with van der Waals surface area (Å²) >= 11 is 13.8. The summed E-state index contributed by atoms with van der Waals surface area (Å²) in [6.07, 6.45) is 1.87. The Bertz CT molecular complexity index is 1060. The first-order valence-corrected chi connectivity index (χ1v) is 10.9. The number of halogens is 2. The van der Waals surface area contributed by atoms with E-state index in [2.05, 4.69) is 0 Å². The summed E-state index contributed by atoms with van der Waals surface area (Å²) < 4.78 is 12.2. The standard InChI is InChI=1S/C21H20Cl2N2O3S/c1-12-5-8-17(27-2)18-19(12)29-21(24-18)25(11-14-4-3-9-28-14)20(26)15-7-6-13(22)10-16(15)23/h5-8,10,14H,3-4,9,11H2,1-2H3. The maximum atomic E-state index is 13.5. The van der Waals surface area contributed by atoms with Crippen LogP contribution in [0.2, 0.25) is 10.0 Å². The van der Waals surface area contributed by atoms with Gasteiger partial charge in [-0.3, -0.25) is 9.69 Å². The molecule has 0 spiro atoms. The van der Waals surface area contributed by atoms with E-state index < -0.39 is 0 Å². The first-order chi connectivity index (χ1) is 14.0. The van der Waals surface area contributed by atoms with Crippen molar-refractivity contribution in [1.82, 2.24) is 4.98 Å². The van der Waals surface area contributed by atoms with Crippen LogP contribution in [0.15, 0.2) is 30.3 Å². The topological polar surface area (TPSA) is 51.7 Å². The van der Waals surface area contributed by atoms with E-state index in [0.29, 0.717) is 39.6 Å². The molecule has 1 saturated heterocycles. The number of aromatic nitrogens is 1. The Labute approximate surface area is 183 Å².